The predicted molar refractivity (Wildman–Crippen MR) is 42.7 cm³/mol. The van der Waals surface area contributed by atoms with Crippen molar-refractivity contribution in [2.45, 2.75) is 6.54 Å². The van der Waals surface area contributed by atoms with Crippen LogP contribution in [0.25, 0.3) is 0 Å². The highest BCUT2D eigenvalue weighted by atomic mass is 35.5. The van der Waals surface area contributed by atoms with E-state index in [9.17, 15) is 0 Å². The predicted octanol–water partition coefficient (Wildman–Crippen LogP) is 0.541. The number of rotatable bonds is 2. The van der Waals surface area contributed by atoms with Crippen molar-refractivity contribution >= 4 is 11.6 Å². The van der Waals surface area contributed by atoms with Crippen LogP contribution in [-0.2, 0) is 13.6 Å². The third-order valence-corrected chi connectivity index (χ3v) is 1.77. The topological polar surface area (TPSA) is 53.1 Å². The zero-order chi connectivity index (χ0) is 8.43. The zero-order valence-electron chi connectivity index (χ0n) is 6.47. The van der Waals surface area contributed by atoms with Gasteiger partial charge in [-0.1, -0.05) is 11.6 Å². The molecule has 11 heavy (non-hydrogen) atoms. The smallest absolute Gasteiger partial charge is 0.230 e. The maximum Gasteiger partial charge on any atom is 0.230 e. The van der Waals surface area contributed by atoms with Gasteiger partial charge in [-0.05, 0) is 0 Å². The van der Waals surface area contributed by atoms with E-state index in [0.717, 1.165) is 0 Å². The number of halogens is 1. The van der Waals surface area contributed by atoms with Crippen molar-refractivity contribution < 1.29 is 4.74 Å². The fraction of sp³-hybridized carbons (Fsp3) is 0.500. The number of aromatic nitrogens is 2. The summed E-state index contributed by atoms with van der Waals surface area (Å²) in [6.45, 7) is 0.329. The molecule has 2 N–H and O–H groups in total. The average Bonchev–Trinajstić information content (AvgIpc) is 2.26. The van der Waals surface area contributed by atoms with E-state index in [1.165, 1.54) is 0 Å². The van der Waals surface area contributed by atoms with Gasteiger partial charge in [-0.3, -0.25) is 0 Å². The molecule has 62 valence electrons. The van der Waals surface area contributed by atoms with E-state index in [1.54, 1.807) is 18.8 Å². The number of methoxy groups -OCH3 is 1. The molecule has 0 radical (unpaired) electrons. The van der Waals surface area contributed by atoms with Crippen LogP contribution in [0.4, 0.5) is 0 Å². The number of ether oxygens (including phenoxy) is 1. The lowest BCUT2D eigenvalue weighted by atomic mass is 10.4. The summed E-state index contributed by atoms with van der Waals surface area (Å²) in [6.07, 6.45) is 0. The van der Waals surface area contributed by atoms with Crippen molar-refractivity contribution in [1.29, 1.82) is 0 Å². The lowest BCUT2D eigenvalue weighted by Gasteiger charge is -1.97. The number of nitrogens with two attached hydrogens (primary N) is 1. The summed E-state index contributed by atoms with van der Waals surface area (Å²) in [6, 6.07) is 0. The van der Waals surface area contributed by atoms with Crippen LogP contribution in [0.3, 0.4) is 0 Å². The van der Waals surface area contributed by atoms with Crippen molar-refractivity contribution in [3.8, 4) is 5.88 Å². The lowest BCUT2D eigenvalue weighted by molar-refractivity contribution is 0.373. The van der Waals surface area contributed by atoms with Gasteiger partial charge >= 0.3 is 0 Å². The summed E-state index contributed by atoms with van der Waals surface area (Å²) in [7, 11) is 3.30. The first-order chi connectivity index (χ1) is 5.20. The monoisotopic (exact) mass is 175 g/mol. The highest BCUT2D eigenvalue weighted by Gasteiger charge is 2.12. The Labute approximate surface area is 69.9 Å². The Balaban J connectivity index is 3.14. The van der Waals surface area contributed by atoms with E-state index in [1.807, 2.05) is 0 Å². The Morgan fingerprint density at radius 2 is 2.36 bits per heavy atom. The average molecular weight is 176 g/mol. The van der Waals surface area contributed by atoms with Gasteiger partial charge in [0.1, 0.15) is 5.02 Å². The van der Waals surface area contributed by atoms with Gasteiger partial charge in [-0.25, -0.2) is 4.68 Å². The van der Waals surface area contributed by atoms with Gasteiger partial charge in [0.2, 0.25) is 5.88 Å². The van der Waals surface area contributed by atoms with Crippen molar-refractivity contribution in [2.24, 2.45) is 12.8 Å². The third kappa shape index (κ3) is 1.32. The molecule has 5 heteroatoms. The van der Waals surface area contributed by atoms with Gasteiger partial charge in [-0.2, -0.15) is 5.10 Å². The highest BCUT2D eigenvalue weighted by Crippen LogP contribution is 2.26. The Morgan fingerprint density at radius 3 is 2.64 bits per heavy atom. The van der Waals surface area contributed by atoms with Gasteiger partial charge in [0.05, 0.1) is 12.8 Å². The minimum Gasteiger partial charge on any atom is -0.480 e. The molecule has 4 nitrogen and oxygen atoms in total. The Kier molecular flexibility index (Phi) is 2.36. The first-order valence-corrected chi connectivity index (χ1v) is 3.54. The van der Waals surface area contributed by atoms with Crippen molar-refractivity contribution in [3.63, 3.8) is 0 Å². The SMILES string of the molecule is COc1c(Cl)c(CN)nn1C. The number of hydrogen-bond acceptors (Lipinski definition) is 3. The molecular weight excluding hydrogens is 166 g/mol. The maximum atomic E-state index is 5.84. The molecule has 0 spiro atoms. The van der Waals surface area contributed by atoms with Crippen LogP contribution in [0.5, 0.6) is 5.88 Å². The highest BCUT2D eigenvalue weighted by molar-refractivity contribution is 6.32. The quantitative estimate of drug-likeness (QED) is 0.714. The molecular formula is C6H10ClN3O. The number of nitrogens with zero attached hydrogens (tertiary/aromatic N) is 2. The summed E-state index contributed by atoms with van der Waals surface area (Å²) in [5.41, 5.74) is 6.03. The van der Waals surface area contributed by atoms with E-state index in [-0.39, 0.29) is 0 Å². The van der Waals surface area contributed by atoms with E-state index < -0.39 is 0 Å². The normalized spacial score (nSPS) is 10.2. The summed E-state index contributed by atoms with van der Waals surface area (Å²) in [5, 5.41) is 4.53. The molecule has 0 aliphatic carbocycles. The Hall–Kier alpha value is -0.740. The van der Waals surface area contributed by atoms with Crippen LogP contribution in [-0.4, -0.2) is 16.9 Å². The lowest BCUT2D eigenvalue weighted by Crippen LogP contribution is -1.99. The standard InChI is InChI=1S/C6H10ClN3O/c1-10-6(11-2)5(7)4(3-8)9-10/h3,8H2,1-2H3. The van der Waals surface area contributed by atoms with Crippen LogP contribution in [0.1, 0.15) is 5.69 Å². The summed E-state index contributed by atoms with van der Waals surface area (Å²) < 4.78 is 6.53. The first-order valence-electron chi connectivity index (χ1n) is 3.16. The Morgan fingerprint density at radius 1 is 1.73 bits per heavy atom. The van der Waals surface area contributed by atoms with Gasteiger partial charge in [0.15, 0.2) is 0 Å². The first kappa shape index (κ1) is 8.36. The second-order valence-electron chi connectivity index (χ2n) is 2.10. The minimum absolute atomic E-state index is 0.329. The van der Waals surface area contributed by atoms with Crippen molar-refractivity contribution in [3.05, 3.63) is 10.7 Å². The largest absolute Gasteiger partial charge is 0.480 e. The molecule has 0 fully saturated rings. The minimum atomic E-state index is 0.329. The van der Waals surface area contributed by atoms with Gasteiger partial charge in [-0.15, -0.1) is 0 Å². The molecule has 0 saturated carbocycles. The molecule has 0 atom stereocenters. The molecule has 0 unspecified atom stereocenters. The molecule has 1 aromatic heterocycles. The van der Waals surface area contributed by atoms with Gasteiger partial charge in [0.25, 0.3) is 0 Å². The second-order valence-corrected chi connectivity index (χ2v) is 2.48. The molecule has 0 bridgehead atoms. The molecule has 0 saturated heterocycles. The number of hydrogen-bond donors (Lipinski definition) is 1. The summed E-state index contributed by atoms with van der Waals surface area (Å²) in [4.78, 5) is 0. The van der Waals surface area contributed by atoms with Crippen LogP contribution >= 0.6 is 11.6 Å². The van der Waals surface area contributed by atoms with Crippen LogP contribution < -0.4 is 10.5 Å². The molecule has 1 heterocycles. The van der Waals surface area contributed by atoms with E-state index in [0.29, 0.717) is 23.1 Å². The van der Waals surface area contributed by atoms with E-state index in [4.69, 9.17) is 22.1 Å². The van der Waals surface area contributed by atoms with E-state index >= 15 is 0 Å². The molecule has 0 aliphatic rings. The van der Waals surface area contributed by atoms with Gasteiger partial charge < -0.3 is 10.5 Å². The van der Waals surface area contributed by atoms with Crippen molar-refractivity contribution in [2.75, 3.05) is 7.11 Å². The molecule has 1 rings (SSSR count). The summed E-state index contributed by atoms with van der Waals surface area (Å²) >= 11 is 5.84. The fourth-order valence-electron chi connectivity index (χ4n) is 0.888. The van der Waals surface area contributed by atoms with Gasteiger partial charge in [0, 0.05) is 13.6 Å². The van der Waals surface area contributed by atoms with Crippen LogP contribution in [0, 0.1) is 0 Å². The number of aryl methyl sites for hydroxylation is 1. The Bertz CT molecular complexity index is 259. The maximum absolute atomic E-state index is 5.84. The summed E-state index contributed by atoms with van der Waals surface area (Å²) in [5.74, 6) is 0.548. The molecule has 0 amide bonds. The molecule has 0 aromatic carbocycles. The van der Waals surface area contributed by atoms with Crippen LogP contribution in [0.15, 0.2) is 0 Å². The molecule has 0 aliphatic heterocycles. The fourth-order valence-corrected chi connectivity index (χ4v) is 1.20. The molecule has 1 aromatic rings. The zero-order valence-corrected chi connectivity index (χ0v) is 7.22. The van der Waals surface area contributed by atoms with Crippen LogP contribution in [0.2, 0.25) is 5.02 Å². The second kappa shape index (κ2) is 3.11. The van der Waals surface area contributed by atoms with Crippen molar-refractivity contribution in [1.82, 2.24) is 9.78 Å². The third-order valence-electron chi connectivity index (χ3n) is 1.39. The van der Waals surface area contributed by atoms with E-state index in [2.05, 4.69) is 5.10 Å².